The summed E-state index contributed by atoms with van der Waals surface area (Å²) in [5.41, 5.74) is 2.26. The fourth-order valence-corrected chi connectivity index (χ4v) is 3.85. The monoisotopic (exact) mass is 606 g/mol. The third kappa shape index (κ3) is 6.73. The number of halogens is 3. The third-order valence-corrected chi connectivity index (χ3v) is 6.16. The van der Waals surface area contributed by atoms with E-state index < -0.39 is 11.9 Å². The van der Waals surface area contributed by atoms with Gasteiger partial charge in [-0.25, -0.2) is 4.79 Å². The second-order valence-corrected chi connectivity index (χ2v) is 8.90. The van der Waals surface area contributed by atoms with Crippen LogP contribution in [0.3, 0.4) is 0 Å². The number of amides is 1. The lowest BCUT2D eigenvalue weighted by atomic mass is 10.1. The molecule has 0 aliphatic rings. The quantitative estimate of drug-likeness (QED) is 0.143. The van der Waals surface area contributed by atoms with Gasteiger partial charge < -0.3 is 14.8 Å². The van der Waals surface area contributed by atoms with Crippen molar-refractivity contribution in [1.82, 2.24) is 0 Å². The average molecular weight is 607 g/mol. The Balaban J connectivity index is 1.68. The maximum absolute atomic E-state index is 12.5. The number of nitrogens with zero attached hydrogens (tertiary/aromatic N) is 1. The Morgan fingerprint density at radius 1 is 1.06 bits per heavy atom. The minimum Gasteiger partial charge on any atom is -0.488 e. The number of hydrogen-bond donors (Lipinski definition) is 1. The summed E-state index contributed by atoms with van der Waals surface area (Å²) < 4.78 is 11.3. The molecule has 0 unspecified atom stereocenters. The molecule has 0 fully saturated rings. The summed E-state index contributed by atoms with van der Waals surface area (Å²) >= 11 is 14.1. The number of nitrogens with one attached hydrogen (secondary N) is 1. The molecule has 6 nitrogen and oxygen atoms in total. The van der Waals surface area contributed by atoms with Crippen LogP contribution >= 0.6 is 45.8 Å². The highest BCUT2D eigenvalue weighted by Crippen LogP contribution is 2.26. The maximum Gasteiger partial charge on any atom is 0.337 e. The molecule has 0 bridgehead atoms. The molecular formula is C25H17Cl2IN2O4. The minimum absolute atomic E-state index is 0.0719. The van der Waals surface area contributed by atoms with Crippen molar-refractivity contribution in [3.63, 3.8) is 0 Å². The van der Waals surface area contributed by atoms with Crippen LogP contribution < -0.4 is 10.1 Å². The van der Waals surface area contributed by atoms with Crippen molar-refractivity contribution in [3.8, 4) is 11.8 Å². The number of benzene rings is 3. The standard InChI is InChI=1S/C25H17Cl2IN2O4/c1-33-25(32)17-4-6-19(7-5-17)30-24(31)18(13-29)10-15-3-9-23(22(28)12-15)34-14-16-2-8-20(26)21(27)11-16/h2-12H,14H2,1H3,(H,30,31)/b18-10+. The van der Waals surface area contributed by atoms with E-state index in [1.807, 2.05) is 12.1 Å². The highest BCUT2D eigenvalue weighted by molar-refractivity contribution is 14.1. The minimum atomic E-state index is -0.566. The zero-order chi connectivity index (χ0) is 24.7. The van der Waals surface area contributed by atoms with E-state index in [1.165, 1.54) is 25.3 Å². The van der Waals surface area contributed by atoms with Gasteiger partial charge in [-0.1, -0.05) is 35.3 Å². The van der Waals surface area contributed by atoms with Crippen molar-refractivity contribution in [2.24, 2.45) is 0 Å². The first-order valence-corrected chi connectivity index (χ1v) is 11.6. The van der Waals surface area contributed by atoms with Crippen molar-refractivity contribution in [1.29, 1.82) is 5.26 Å². The summed E-state index contributed by atoms with van der Waals surface area (Å²) in [6.07, 6.45) is 1.49. The summed E-state index contributed by atoms with van der Waals surface area (Å²) in [7, 11) is 1.29. The van der Waals surface area contributed by atoms with Gasteiger partial charge in [-0.05, 0) is 88.3 Å². The summed E-state index contributed by atoms with van der Waals surface area (Å²) in [5, 5.41) is 13.1. The number of methoxy groups -OCH3 is 1. The topological polar surface area (TPSA) is 88.4 Å². The molecule has 0 saturated heterocycles. The van der Waals surface area contributed by atoms with E-state index in [9.17, 15) is 14.9 Å². The predicted octanol–water partition coefficient (Wildman–Crippen LogP) is 6.51. The number of esters is 1. The SMILES string of the molecule is COC(=O)c1ccc(NC(=O)/C(C#N)=C/c2ccc(OCc3ccc(Cl)c(Cl)c3)c(I)c2)cc1. The van der Waals surface area contributed by atoms with Crippen LogP contribution in [0.5, 0.6) is 5.75 Å². The molecule has 172 valence electrons. The first-order valence-electron chi connectivity index (χ1n) is 9.78. The fourth-order valence-electron chi connectivity index (χ4n) is 2.84. The summed E-state index contributed by atoms with van der Waals surface area (Å²) in [6.45, 7) is 0.308. The van der Waals surface area contributed by atoms with Gasteiger partial charge in [0.1, 0.15) is 24.0 Å². The van der Waals surface area contributed by atoms with E-state index in [0.717, 1.165) is 9.13 Å². The molecule has 1 amide bonds. The second kappa shape index (κ2) is 11.9. The van der Waals surface area contributed by atoms with Crippen molar-refractivity contribution in [2.75, 3.05) is 12.4 Å². The molecule has 9 heteroatoms. The molecule has 3 rings (SSSR count). The summed E-state index contributed by atoms with van der Waals surface area (Å²) in [4.78, 5) is 24.1. The molecule has 0 aliphatic heterocycles. The molecule has 0 spiro atoms. The van der Waals surface area contributed by atoms with E-state index >= 15 is 0 Å². The van der Waals surface area contributed by atoms with E-state index in [1.54, 1.807) is 42.5 Å². The van der Waals surface area contributed by atoms with Gasteiger partial charge in [0, 0.05) is 5.69 Å². The molecule has 1 N–H and O–H groups in total. The molecule has 34 heavy (non-hydrogen) atoms. The molecule has 0 heterocycles. The van der Waals surface area contributed by atoms with Gasteiger partial charge >= 0.3 is 5.97 Å². The molecule has 0 aromatic heterocycles. The largest absolute Gasteiger partial charge is 0.488 e. The predicted molar refractivity (Wildman–Crippen MR) is 140 cm³/mol. The van der Waals surface area contributed by atoms with Gasteiger partial charge in [-0.2, -0.15) is 5.26 Å². The van der Waals surface area contributed by atoms with Crippen molar-refractivity contribution in [3.05, 3.63) is 96.5 Å². The first kappa shape index (κ1) is 25.6. The van der Waals surface area contributed by atoms with Crippen molar-refractivity contribution < 1.29 is 19.1 Å². The Kier molecular flexibility index (Phi) is 8.93. The third-order valence-electron chi connectivity index (χ3n) is 4.57. The van der Waals surface area contributed by atoms with Crippen LogP contribution in [0.2, 0.25) is 10.0 Å². The van der Waals surface area contributed by atoms with Gasteiger partial charge in [-0.3, -0.25) is 4.79 Å². The Morgan fingerprint density at radius 2 is 1.79 bits per heavy atom. The zero-order valence-electron chi connectivity index (χ0n) is 17.8. The van der Waals surface area contributed by atoms with Crippen LogP contribution in [0.25, 0.3) is 6.08 Å². The van der Waals surface area contributed by atoms with E-state index in [-0.39, 0.29) is 5.57 Å². The molecule has 3 aromatic carbocycles. The van der Waals surface area contributed by atoms with Crippen molar-refractivity contribution >= 4 is 69.4 Å². The highest BCUT2D eigenvalue weighted by Gasteiger charge is 2.12. The van der Waals surface area contributed by atoms with Gasteiger partial charge in [0.05, 0.1) is 26.3 Å². The average Bonchev–Trinajstić information content (AvgIpc) is 2.84. The zero-order valence-corrected chi connectivity index (χ0v) is 21.4. The van der Waals surface area contributed by atoms with Crippen molar-refractivity contribution in [2.45, 2.75) is 6.61 Å². The lowest BCUT2D eigenvalue weighted by molar-refractivity contribution is -0.112. The van der Waals surface area contributed by atoms with Crippen LogP contribution in [0, 0.1) is 14.9 Å². The Labute approximate surface area is 220 Å². The Morgan fingerprint density at radius 3 is 2.41 bits per heavy atom. The number of carbonyl (C=O) groups excluding carboxylic acids is 2. The molecule has 0 radical (unpaired) electrons. The lowest BCUT2D eigenvalue weighted by Crippen LogP contribution is -2.13. The molecule has 0 aliphatic carbocycles. The number of carbonyl (C=O) groups is 2. The highest BCUT2D eigenvalue weighted by atomic mass is 127. The second-order valence-electron chi connectivity index (χ2n) is 6.92. The van der Waals surface area contributed by atoms with E-state index in [2.05, 4.69) is 32.6 Å². The normalized spacial score (nSPS) is 10.9. The number of ether oxygens (including phenoxy) is 2. The van der Waals surface area contributed by atoms with Gasteiger partial charge in [0.15, 0.2) is 0 Å². The van der Waals surface area contributed by atoms with Crippen LogP contribution in [-0.2, 0) is 16.1 Å². The molecule has 3 aromatic rings. The number of nitriles is 1. The fraction of sp³-hybridized carbons (Fsp3) is 0.0800. The Hall–Kier alpha value is -3.06. The summed E-state index contributed by atoms with van der Waals surface area (Å²) in [6, 6.07) is 18.7. The first-order chi connectivity index (χ1) is 16.3. The van der Waals surface area contributed by atoms with E-state index in [4.69, 9.17) is 27.9 Å². The van der Waals surface area contributed by atoms with Gasteiger partial charge in [-0.15, -0.1) is 0 Å². The summed E-state index contributed by atoms with van der Waals surface area (Å²) in [5.74, 6) is -0.393. The van der Waals surface area contributed by atoms with Gasteiger partial charge in [0.25, 0.3) is 5.91 Å². The number of rotatable bonds is 7. The van der Waals surface area contributed by atoms with Crippen LogP contribution in [-0.4, -0.2) is 19.0 Å². The maximum atomic E-state index is 12.5. The van der Waals surface area contributed by atoms with Crippen LogP contribution in [0.15, 0.2) is 66.2 Å². The molecule has 0 saturated carbocycles. The molecule has 0 atom stereocenters. The van der Waals surface area contributed by atoms with Crippen LogP contribution in [0.4, 0.5) is 5.69 Å². The smallest absolute Gasteiger partial charge is 0.337 e. The molecular weight excluding hydrogens is 590 g/mol. The lowest BCUT2D eigenvalue weighted by Gasteiger charge is -2.10. The van der Waals surface area contributed by atoms with Gasteiger partial charge in [0.2, 0.25) is 0 Å². The van der Waals surface area contributed by atoms with E-state index in [0.29, 0.717) is 39.2 Å². The number of anilines is 1. The van der Waals surface area contributed by atoms with Crippen LogP contribution in [0.1, 0.15) is 21.5 Å². The number of hydrogen-bond acceptors (Lipinski definition) is 5. The Bertz CT molecular complexity index is 1300.